The van der Waals surface area contributed by atoms with Gasteiger partial charge in [-0.05, 0) is 11.6 Å². The molecular weight excluding hydrogens is 236 g/mol. The summed E-state index contributed by atoms with van der Waals surface area (Å²) in [6.45, 7) is 0. The van der Waals surface area contributed by atoms with Crippen LogP contribution in [0.25, 0.3) is 0 Å². The molecule has 0 bridgehead atoms. The SMILES string of the molecule is [Mo].c1ccc2c(c1)CC1OC1O2. The van der Waals surface area contributed by atoms with Gasteiger partial charge >= 0.3 is 0 Å². The van der Waals surface area contributed by atoms with Crippen molar-refractivity contribution in [3.05, 3.63) is 29.8 Å². The molecule has 1 aromatic rings. The molecule has 2 nitrogen and oxygen atoms in total. The Morgan fingerprint density at radius 1 is 1.25 bits per heavy atom. The fraction of sp³-hybridized carbons (Fsp3) is 0.333. The summed E-state index contributed by atoms with van der Waals surface area (Å²) >= 11 is 0. The Kier molecular flexibility index (Phi) is 1.97. The minimum atomic E-state index is 0. The van der Waals surface area contributed by atoms with Gasteiger partial charge in [-0.1, -0.05) is 18.2 Å². The fourth-order valence-corrected chi connectivity index (χ4v) is 1.50. The first-order valence-electron chi connectivity index (χ1n) is 3.83. The van der Waals surface area contributed by atoms with Crippen molar-refractivity contribution in [1.82, 2.24) is 0 Å². The molecule has 0 radical (unpaired) electrons. The first kappa shape index (κ1) is 8.27. The number of hydrogen-bond donors (Lipinski definition) is 0. The Balaban J connectivity index is 0.000000563. The van der Waals surface area contributed by atoms with Crippen LogP contribution in [-0.4, -0.2) is 12.4 Å². The third-order valence-corrected chi connectivity index (χ3v) is 2.17. The van der Waals surface area contributed by atoms with Crippen molar-refractivity contribution >= 4 is 0 Å². The van der Waals surface area contributed by atoms with Gasteiger partial charge in [0.15, 0.2) is 0 Å². The standard InChI is InChI=1S/C9H8O2.Mo/c1-2-4-7-6(3-1)5-8-9(10-7)11-8;/h1-4,8-9H,5H2;. The van der Waals surface area contributed by atoms with Crippen LogP contribution in [0.15, 0.2) is 24.3 Å². The molecule has 1 saturated heterocycles. The molecular formula is C9H8MoO2. The molecule has 3 rings (SSSR count). The van der Waals surface area contributed by atoms with E-state index in [9.17, 15) is 0 Å². The Morgan fingerprint density at radius 2 is 2.08 bits per heavy atom. The van der Waals surface area contributed by atoms with Crippen molar-refractivity contribution in [3.63, 3.8) is 0 Å². The monoisotopic (exact) mass is 246 g/mol. The Morgan fingerprint density at radius 3 is 3.00 bits per heavy atom. The van der Waals surface area contributed by atoms with Crippen LogP contribution in [0.5, 0.6) is 5.75 Å². The molecule has 2 heterocycles. The van der Waals surface area contributed by atoms with Crippen LogP contribution in [0.2, 0.25) is 0 Å². The summed E-state index contributed by atoms with van der Waals surface area (Å²) in [5, 5.41) is 0. The van der Waals surface area contributed by atoms with E-state index in [-0.39, 0.29) is 27.4 Å². The maximum absolute atomic E-state index is 5.48. The number of fused-ring (bicyclic) bond motifs is 2. The van der Waals surface area contributed by atoms with Crippen LogP contribution in [0.3, 0.4) is 0 Å². The number of hydrogen-bond acceptors (Lipinski definition) is 2. The van der Waals surface area contributed by atoms with E-state index in [2.05, 4.69) is 6.07 Å². The van der Waals surface area contributed by atoms with Gasteiger partial charge in [-0.15, -0.1) is 0 Å². The summed E-state index contributed by atoms with van der Waals surface area (Å²) < 4.78 is 10.7. The molecule has 0 spiro atoms. The zero-order valence-electron chi connectivity index (χ0n) is 6.40. The summed E-state index contributed by atoms with van der Waals surface area (Å²) in [7, 11) is 0. The third kappa shape index (κ3) is 1.19. The van der Waals surface area contributed by atoms with Crippen LogP contribution in [-0.2, 0) is 32.2 Å². The Bertz CT molecular complexity index is 271. The zero-order chi connectivity index (χ0) is 7.26. The average Bonchev–Trinajstić information content (AvgIpc) is 2.77. The van der Waals surface area contributed by atoms with E-state index in [4.69, 9.17) is 9.47 Å². The van der Waals surface area contributed by atoms with Crippen molar-refractivity contribution in [2.75, 3.05) is 0 Å². The van der Waals surface area contributed by atoms with Crippen molar-refractivity contribution in [1.29, 1.82) is 0 Å². The summed E-state index contributed by atoms with van der Waals surface area (Å²) in [6.07, 6.45) is 1.41. The second-order valence-corrected chi connectivity index (χ2v) is 2.97. The number of para-hydroxylation sites is 1. The Labute approximate surface area is 85.1 Å². The minimum absolute atomic E-state index is 0. The fourth-order valence-electron chi connectivity index (χ4n) is 1.50. The van der Waals surface area contributed by atoms with Crippen LogP contribution in [0.1, 0.15) is 5.56 Å². The topological polar surface area (TPSA) is 21.8 Å². The molecule has 1 fully saturated rings. The second-order valence-electron chi connectivity index (χ2n) is 2.97. The van der Waals surface area contributed by atoms with E-state index >= 15 is 0 Å². The molecule has 0 N–H and O–H groups in total. The zero-order valence-corrected chi connectivity index (χ0v) is 8.40. The maximum atomic E-state index is 5.48. The maximum Gasteiger partial charge on any atom is 0.227 e. The van der Waals surface area contributed by atoms with Crippen LogP contribution < -0.4 is 4.74 Å². The van der Waals surface area contributed by atoms with Gasteiger partial charge in [-0.3, -0.25) is 0 Å². The van der Waals surface area contributed by atoms with Crippen LogP contribution >= 0.6 is 0 Å². The van der Waals surface area contributed by atoms with Gasteiger partial charge in [0.05, 0.1) is 0 Å². The van der Waals surface area contributed by atoms with Crippen molar-refractivity contribution in [2.45, 2.75) is 18.8 Å². The first-order valence-corrected chi connectivity index (χ1v) is 3.83. The molecule has 0 amide bonds. The van der Waals surface area contributed by atoms with E-state index in [0.717, 1.165) is 12.2 Å². The molecule has 1 aromatic carbocycles. The predicted octanol–water partition coefficient (Wildman–Crippen LogP) is 1.34. The van der Waals surface area contributed by atoms with Gasteiger partial charge in [-0.2, -0.15) is 0 Å². The molecule has 2 unspecified atom stereocenters. The normalized spacial score (nSPS) is 29.0. The summed E-state index contributed by atoms with van der Waals surface area (Å²) in [4.78, 5) is 0. The van der Waals surface area contributed by atoms with Crippen molar-refractivity contribution < 1.29 is 30.5 Å². The van der Waals surface area contributed by atoms with Crippen LogP contribution in [0.4, 0.5) is 0 Å². The molecule has 2 atom stereocenters. The van der Waals surface area contributed by atoms with E-state index in [1.807, 2.05) is 18.2 Å². The van der Waals surface area contributed by atoms with E-state index in [1.54, 1.807) is 0 Å². The average molecular weight is 244 g/mol. The third-order valence-electron chi connectivity index (χ3n) is 2.17. The quantitative estimate of drug-likeness (QED) is 0.507. The first-order chi connectivity index (χ1) is 5.43. The van der Waals surface area contributed by atoms with Crippen molar-refractivity contribution in [2.24, 2.45) is 0 Å². The molecule has 2 aliphatic rings. The summed E-state index contributed by atoms with van der Waals surface area (Å²) in [5.41, 5.74) is 1.27. The molecule has 0 saturated carbocycles. The molecule has 3 heteroatoms. The number of ether oxygens (including phenoxy) is 2. The predicted molar refractivity (Wildman–Crippen MR) is 39.4 cm³/mol. The second kappa shape index (κ2) is 2.86. The molecule has 12 heavy (non-hydrogen) atoms. The van der Waals surface area contributed by atoms with Crippen molar-refractivity contribution in [3.8, 4) is 5.75 Å². The summed E-state index contributed by atoms with van der Waals surface area (Å²) in [5.74, 6) is 0.992. The van der Waals surface area contributed by atoms with Gasteiger partial charge in [0.2, 0.25) is 6.29 Å². The van der Waals surface area contributed by atoms with Gasteiger partial charge in [0.1, 0.15) is 11.9 Å². The largest absolute Gasteiger partial charge is 0.462 e. The molecule has 0 aliphatic carbocycles. The number of rotatable bonds is 0. The minimum Gasteiger partial charge on any atom is -0.462 e. The van der Waals surface area contributed by atoms with E-state index in [1.165, 1.54) is 5.56 Å². The van der Waals surface area contributed by atoms with E-state index < -0.39 is 0 Å². The van der Waals surface area contributed by atoms with Gasteiger partial charge in [0.25, 0.3) is 0 Å². The van der Waals surface area contributed by atoms with Crippen LogP contribution in [0, 0.1) is 0 Å². The number of benzene rings is 1. The van der Waals surface area contributed by atoms with E-state index in [0.29, 0.717) is 6.10 Å². The van der Waals surface area contributed by atoms with Gasteiger partial charge < -0.3 is 9.47 Å². The summed E-state index contributed by atoms with van der Waals surface area (Å²) in [6, 6.07) is 8.10. The molecule has 2 aliphatic heterocycles. The smallest absolute Gasteiger partial charge is 0.227 e. The molecule has 62 valence electrons. The van der Waals surface area contributed by atoms with Gasteiger partial charge in [0, 0.05) is 27.5 Å². The van der Waals surface area contributed by atoms with Gasteiger partial charge in [-0.25, -0.2) is 0 Å². The Hall–Kier alpha value is -0.332. The molecule has 0 aromatic heterocycles. The number of epoxide rings is 1.